The van der Waals surface area contributed by atoms with Crippen molar-refractivity contribution in [3.8, 4) is 5.75 Å². The van der Waals surface area contributed by atoms with E-state index in [4.69, 9.17) is 4.74 Å². The molecule has 0 bridgehead atoms. The van der Waals surface area contributed by atoms with Gasteiger partial charge in [-0.1, -0.05) is 12.1 Å². The Hall–Kier alpha value is -1.11. The summed E-state index contributed by atoms with van der Waals surface area (Å²) in [6.07, 6.45) is 0. The molecule has 1 aromatic carbocycles. The van der Waals surface area contributed by atoms with Crippen molar-refractivity contribution in [3.05, 3.63) is 29.8 Å². The van der Waals surface area contributed by atoms with Gasteiger partial charge in [-0.2, -0.15) is 0 Å². The van der Waals surface area contributed by atoms with Crippen LogP contribution in [0, 0.1) is 0 Å². The lowest BCUT2D eigenvalue weighted by Crippen LogP contribution is -2.40. The molecule has 1 N–H and O–H groups in total. The van der Waals surface area contributed by atoms with E-state index in [0.29, 0.717) is 6.54 Å². The number of ether oxygens (including phenoxy) is 1. The maximum absolute atomic E-state index is 11.4. The Morgan fingerprint density at radius 3 is 2.70 bits per heavy atom. The lowest BCUT2D eigenvalue weighted by atomic mass is 10.2. The summed E-state index contributed by atoms with van der Waals surface area (Å²) in [4.78, 5) is 2.10. The fourth-order valence-electron chi connectivity index (χ4n) is 1.72. The Bertz CT molecular complexity index is 517. The number of likely N-dealkylation sites (N-methyl/N-ethyl adjacent to an activating group) is 1. The van der Waals surface area contributed by atoms with Crippen molar-refractivity contribution in [2.75, 3.05) is 26.5 Å². The number of rotatable bonds is 8. The molecule has 0 aliphatic rings. The van der Waals surface area contributed by atoms with Gasteiger partial charge in [0.1, 0.15) is 5.75 Å². The molecular formula is C14H24N2O3S. The monoisotopic (exact) mass is 300 g/mol. The summed E-state index contributed by atoms with van der Waals surface area (Å²) < 4.78 is 30.6. The average Bonchev–Trinajstić information content (AvgIpc) is 2.45. The van der Waals surface area contributed by atoms with E-state index >= 15 is 0 Å². The smallest absolute Gasteiger partial charge is 0.211 e. The molecule has 0 fully saturated rings. The molecule has 1 atom stereocenters. The first kappa shape index (κ1) is 16.9. The van der Waals surface area contributed by atoms with Gasteiger partial charge < -0.3 is 4.74 Å². The number of sulfonamides is 1. The summed E-state index contributed by atoms with van der Waals surface area (Å²) in [5, 5.41) is 0. The maximum atomic E-state index is 11.4. The van der Waals surface area contributed by atoms with E-state index in [9.17, 15) is 8.42 Å². The Morgan fingerprint density at radius 1 is 1.40 bits per heavy atom. The Kier molecular flexibility index (Phi) is 6.45. The lowest BCUT2D eigenvalue weighted by Gasteiger charge is -2.25. The van der Waals surface area contributed by atoms with Crippen LogP contribution in [-0.4, -0.2) is 45.8 Å². The van der Waals surface area contributed by atoms with Crippen molar-refractivity contribution in [3.63, 3.8) is 0 Å². The number of nitrogens with one attached hydrogen (secondary N) is 1. The zero-order valence-electron chi connectivity index (χ0n) is 12.6. The molecule has 5 nitrogen and oxygen atoms in total. The van der Waals surface area contributed by atoms with Crippen LogP contribution < -0.4 is 9.46 Å². The van der Waals surface area contributed by atoms with Crippen LogP contribution in [0.4, 0.5) is 0 Å². The standard InChI is InChI=1S/C14H24N2O3S/c1-5-20(17,18)15-10-12(2)16(3)11-13-7-6-8-14(9-13)19-4/h6-9,12,15H,5,10-11H2,1-4H3/t12-/m0/s1. The van der Waals surface area contributed by atoms with E-state index in [0.717, 1.165) is 17.9 Å². The molecule has 0 aliphatic carbocycles. The van der Waals surface area contributed by atoms with Gasteiger partial charge in [-0.15, -0.1) is 0 Å². The molecular weight excluding hydrogens is 276 g/mol. The Balaban J connectivity index is 2.54. The topological polar surface area (TPSA) is 58.6 Å². The third kappa shape index (κ3) is 5.48. The minimum absolute atomic E-state index is 0.110. The second kappa shape index (κ2) is 7.61. The van der Waals surface area contributed by atoms with Gasteiger partial charge in [-0.3, -0.25) is 4.90 Å². The summed E-state index contributed by atoms with van der Waals surface area (Å²) in [5.74, 6) is 0.939. The molecule has 0 amide bonds. The molecule has 0 unspecified atom stereocenters. The van der Waals surface area contributed by atoms with Crippen LogP contribution in [0.15, 0.2) is 24.3 Å². The fourth-order valence-corrected chi connectivity index (χ4v) is 2.42. The van der Waals surface area contributed by atoms with Crippen LogP contribution >= 0.6 is 0 Å². The molecule has 0 heterocycles. The van der Waals surface area contributed by atoms with Gasteiger partial charge in [-0.25, -0.2) is 13.1 Å². The largest absolute Gasteiger partial charge is 0.497 e. The van der Waals surface area contributed by atoms with Gasteiger partial charge >= 0.3 is 0 Å². The van der Waals surface area contributed by atoms with Crippen LogP contribution in [0.25, 0.3) is 0 Å². The second-order valence-corrected chi connectivity index (χ2v) is 6.96. The van der Waals surface area contributed by atoms with Crippen molar-refractivity contribution in [2.45, 2.75) is 26.4 Å². The highest BCUT2D eigenvalue weighted by Gasteiger charge is 2.13. The number of benzene rings is 1. The predicted molar refractivity (Wildman–Crippen MR) is 81.4 cm³/mol. The van der Waals surface area contributed by atoms with Gasteiger partial charge in [0.25, 0.3) is 0 Å². The normalized spacial score (nSPS) is 13.4. The molecule has 114 valence electrons. The molecule has 0 spiro atoms. The van der Waals surface area contributed by atoms with Gasteiger partial charge in [0.05, 0.1) is 12.9 Å². The van der Waals surface area contributed by atoms with Crippen molar-refractivity contribution in [2.24, 2.45) is 0 Å². The summed E-state index contributed by atoms with van der Waals surface area (Å²) in [6.45, 7) is 4.79. The van der Waals surface area contributed by atoms with Crippen LogP contribution in [0.2, 0.25) is 0 Å². The molecule has 1 rings (SSSR count). The van der Waals surface area contributed by atoms with Gasteiger partial charge in [0, 0.05) is 19.1 Å². The van der Waals surface area contributed by atoms with Crippen LogP contribution in [-0.2, 0) is 16.6 Å². The minimum atomic E-state index is -3.13. The molecule has 20 heavy (non-hydrogen) atoms. The SMILES string of the molecule is CCS(=O)(=O)NC[C@H](C)N(C)Cc1cccc(OC)c1. The lowest BCUT2D eigenvalue weighted by molar-refractivity contribution is 0.250. The van der Waals surface area contributed by atoms with Gasteiger partial charge in [-0.05, 0) is 38.6 Å². The van der Waals surface area contributed by atoms with E-state index in [1.165, 1.54) is 0 Å². The number of hydrogen-bond acceptors (Lipinski definition) is 4. The van der Waals surface area contributed by atoms with E-state index < -0.39 is 10.0 Å². The maximum Gasteiger partial charge on any atom is 0.211 e. The summed E-state index contributed by atoms with van der Waals surface area (Å²) in [6, 6.07) is 7.98. The summed E-state index contributed by atoms with van der Waals surface area (Å²) in [7, 11) is 0.492. The molecule has 0 radical (unpaired) electrons. The van der Waals surface area contributed by atoms with Crippen LogP contribution in [0.1, 0.15) is 19.4 Å². The zero-order valence-corrected chi connectivity index (χ0v) is 13.4. The molecule has 0 saturated carbocycles. The van der Waals surface area contributed by atoms with Crippen molar-refractivity contribution >= 4 is 10.0 Å². The highest BCUT2D eigenvalue weighted by Crippen LogP contribution is 2.14. The Labute approximate surface area is 122 Å². The minimum Gasteiger partial charge on any atom is -0.497 e. The molecule has 0 aliphatic heterocycles. The molecule has 0 aromatic heterocycles. The fraction of sp³-hybridized carbons (Fsp3) is 0.571. The van der Waals surface area contributed by atoms with Gasteiger partial charge in [0.2, 0.25) is 10.0 Å². The third-order valence-corrected chi connectivity index (χ3v) is 4.66. The van der Waals surface area contributed by atoms with Gasteiger partial charge in [0.15, 0.2) is 0 Å². The van der Waals surface area contributed by atoms with Crippen molar-refractivity contribution in [1.29, 1.82) is 0 Å². The highest BCUT2D eigenvalue weighted by molar-refractivity contribution is 7.89. The molecule has 6 heteroatoms. The number of nitrogens with zero attached hydrogens (tertiary/aromatic N) is 1. The van der Waals surface area contributed by atoms with E-state index in [2.05, 4.69) is 9.62 Å². The first-order valence-corrected chi connectivity index (χ1v) is 8.33. The van der Waals surface area contributed by atoms with Crippen LogP contribution in [0.3, 0.4) is 0 Å². The number of hydrogen-bond donors (Lipinski definition) is 1. The van der Waals surface area contributed by atoms with E-state index in [-0.39, 0.29) is 11.8 Å². The second-order valence-electron chi connectivity index (χ2n) is 4.87. The van der Waals surface area contributed by atoms with Crippen molar-refractivity contribution < 1.29 is 13.2 Å². The third-order valence-electron chi connectivity index (χ3n) is 3.30. The zero-order chi connectivity index (χ0) is 15.2. The molecule has 1 aromatic rings. The molecule has 0 saturated heterocycles. The first-order chi connectivity index (χ1) is 9.38. The number of methoxy groups -OCH3 is 1. The first-order valence-electron chi connectivity index (χ1n) is 6.68. The highest BCUT2D eigenvalue weighted by atomic mass is 32.2. The Morgan fingerprint density at radius 2 is 2.10 bits per heavy atom. The summed E-state index contributed by atoms with van der Waals surface area (Å²) >= 11 is 0. The quantitative estimate of drug-likeness (QED) is 0.789. The van der Waals surface area contributed by atoms with Crippen LogP contribution in [0.5, 0.6) is 5.75 Å². The van der Waals surface area contributed by atoms with E-state index in [1.54, 1.807) is 14.0 Å². The average molecular weight is 300 g/mol. The summed E-state index contributed by atoms with van der Waals surface area (Å²) in [5.41, 5.74) is 1.14. The van der Waals surface area contributed by atoms with E-state index in [1.807, 2.05) is 38.2 Å². The van der Waals surface area contributed by atoms with Crippen molar-refractivity contribution in [1.82, 2.24) is 9.62 Å². The predicted octanol–water partition coefficient (Wildman–Crippen LogP) is 1.45.